The molecule has 1 saturated heterocycles. The summed E-state index contributed by atoms with van der Waals surface area (Å²) in [7, 11) is -2.16. The zero-order valence-corrected chi connectivity index (χ0v) is 12.7. The molecule has 0 aromatic heterocycles. The van der Waals surface area contributed by atoms with E-state index in [1.807, 2.05) is 0 Å². The summed E-state index contributed by atoms with van der Waals surface area (Å²) in [4.78, 5) is 11.8. The van der Waals surface area contributed by atoms with Crippen LogP contribution in [-0.4, -0.2) is 45.9 Å². The van der Waals surface area contributed by atoms with E-state index in [0.29, 0.717) is 19.4 Å². The normalized spacial score (nSPS) is 31.8. The van der Waals surface area contributed by atoms with Gasteiger partial charge < -0.3 is 10.1 Å². The smallest absolute Gasteiger partial charge is 0.310 e. The molecule has 6 nitrogen and oxygen atoms in total. The van der Waals surface area contributed by atoms with E-state index in [1.165, 1.54) is 7.11 Å². The van der Waals surface area contributed by atoms with E-state index in [1.54, 1.807) is 0 Å². The van der Waals surface area contributed by atoms with Gasteiger partial charge in [0.1, 0.15) is 0 Å². The second-order valence-electron chi connectivity index (χ2n) is 5.66. The Balaban J connectivity index is 2.06. The third-order valence-electron chi connectivity index (χ3n) is 4.23. The van der Waals surface area contributed by atoms with Crippen molar-refractivity contribution < 1.29 is 17.9 Å². The zero-order chi connectivity index (χ0) is 14.6. The van der Waals surface area contributed by atoms with Crippen molar-refractivity contribution in [2.24, 2.45) is 5.92 Å². The topological polar surface area (TPSA) is 84.5 Å². The number of carbonyl (C=O) groups excluding carboxylic acids is 1. The van der Waals surface area contributed by atoms with E-state index in [9.17, 15) is 13.2 Å². The van der Waals surface area contributed by atoms with Crippen molar-refractivity contribution in [3.05, 3.63) is 0 Å². The highest BCUT2D eigenvalue weighted by molar-refractivity contribution is 7.90. The maximum Gasteiger partial charge on any atom is 0.310 e. The summed E-state index contributed by atoms with van der Waals surface area (Å²) < 4.78 is 32.6. The molecule has 1 aliphatic carbocycles. The van der Waals surface area contributed by atoms with E-state index in [4.69, 9.17) is 4.74 Å². The summed E-state index contributed by atoms with van der Waals surface area (Å²) in [5, 5.41) is 2.54. The summed E-state index contributed by atoms with van der Waals surface area (Å²) in [6.07, 6.45) is 4.69. The van der Waals surface area contributed by atoms with Crippen LogP contribution < -0.4 is 10.0 Å². The van der Waals surface area contributed by atoms with Crippen molar-refractivity contribution in [1.82, 2.24) is 10.0 Å². The molecule has 1 heterocycles. The maximum atomic E-state index is 12.5. The molecule has 116 valence electrons. The Kier molecular flexibility index (Phi) is 5.40. The summed E-state index contributed by atoms with van der Waals surface area (Å²) in [5.74, 6) is -0.926. The first-order valence-electron chi connectivity index (χ1n) is 7.34. The highest BCUT2D eigenvalue weighted by atomic mass is 32.2. The van der Waals surface area contributed by atoms with Gasteiger partial charge in [-0.25, -0.2) is 13.1 Å². The van der Waals surface area contributed by atoms with Crippen molar-refractivity contribution in [1.29, 1.82) is 0 Å². The molecular weight excluding hydrogens is 280 g/mol. The first kappa shape index (κ1) is 15.7. The molecule has 0 amide bonds. The Morgan fingerprint density at radius 2 is 1.95 bits per heavy atom. The average Bonchev–Trinajstić information content (AvgIpc) is 2.47. The van der Waals surface area contributed by atoms with Crippen LogP contribution in [-0.2, 0) is 19.6 Å². The van der Waals surface area contributed by atoms with Gasteiger partial charge in [-0.05, 0) is 32.2 Å². The Hall–Kier alpha value is -0.660. The summed E-state index contributed by atoms with van der Waals surface area (Å²) in [6, 6.07) is -0.0611. The molecule has 0 spiro atoms. The molecule has 1 saturated carbocycles. The van der Waals surface area contributed by atoms with Crippen LogP contribution in [0, 0.1) is 5.92 Å². The molecule has 7 heteroatoms. The molecule has 0 aromatic rings. The van der Waals surface area contributed by atoms with E-state index in [-0.39, 0.29) is 6.04 Å². The lowest BCUT2D eigenvalue weighted by Gasteiger charge is -2.32. The van der Waals surface area contributed by atoms with Crippen molar-refractivity contribution in [2.45, 2.75) is 49.8 Å². The number of carbonyl (C=O) groups is 1. The van der Waals surface area contributed by atoms with Crippen LogP contribution in [0.15, 0.2) is 0 Å². The molecule has 2 aliphatic rings. The predicted molar refractivity (Wildman–Crippen MR) is 75.7 cm³/mol. The lowest BCUT2D eigenvalue weighted by Crippen LogP contribution is -2.51. The van der Waals surface area contributed by atoms with Crippen LogP contribution >= 0.6 is 0 Å². The first-order chi connectivity index (χ1) is 9.54. The van der Waals surface area contributed by atoms with E-state index < -0.39 is 27.2 Å². The van der Waals surface area contributed by atoms with Crippen LogP contribution in [0.4, 0.5) is 0 Å². The van der Waals surface area contributed by atoms with E-state index >= 15 is 0 Å². The Morgan fingerprint density at radius 3 is 2.60 bits per heavy atom. The minimum absolute atomic E-state index is 0.0611. The van der Waals surface area contributed by atoms with Gasteiger partial charge in [-0.15, -0.1) is 0 Å². The fourth-order valence-corrected chi connectivity index (χ4v) is 5.16. The lowest BCUT2D eigenvalue weighted by molar-refractivity contribution is -0.146. The number of nitrogens with one attached hydrogen (secondary N) is 2. The molecule has 0 aromatic carbocycles. The average molecular weight is 304 g/mol. The summed E-state index contributed by atoms with van der Waals surface area (Å²) >= 11 is 0. The van der Waals surface area contributed by atoms with Crippen LogP contribution in [0.3, 0.4) is 0 Å². The van der Waals surface area contributed by atoms with Crippen molar-refractivity contribution in [3.63, 3.8) is 0 Å². The number of piperidine rings is 1. The molecule has 20 heavy (non-hydrogen) atoms. The quantitative estimate of drug-likeness (QED) is 0.734. The Bertz CT molecular complexity index is 432. The molecule has 2 fully saturated rings. The van der Waals surface area contributed by atoms with Crippen LogP contribution in [0.2, 0.25) is 0 Å². The van der Waals surface area contributed by atoms with Gasteiger partial charge in [0.15, 0.2) is 0 Å². The molecule has 2 unspecified atom stereocenters. The number of rotatable bonds is 4. The van der Waals surface area contributed by atoms with E-state index in [0.717, 1.165) is 32.2 Å². The number of ether oxygens (including phenoxy) is 1. The van der Waals surface area contributed by atoms with Gasteiger partial charge in [-0.3, -0.25) is 4.79 Å². The van der Waals surface area contributed by atoms with Crippen molar-refractivity contribution in [2.75, 3.05) is 20.2 Å². The largest absolute Gasteiger partial charge is 0.469 e. The molecule has 2 rings (SSSR count). The first-order valence-corrected chi connectivity index (χ1v) is 8.89. The van der Waals surface area contributed by atoms with Crippen LogP contribution in [0.1, 0.15) is 38.5 Å². The fraction of sp³-hybridized carbons (Fsp3) is 0.923. The van der Waals surface area contributed by atoms with Crippen molar-refractivity contribution in [3.8, 4) is 0 Å². The molecule has 0 radical (unpaired) electrons. The Morgan fingerprint density at radius 1 is 1.20 bits per heavy atom. The minimum Gasteiger partial charge on any atom is -0.469 e. The minimum atomic E-state index is -3.48. The Labute approximate surface area is 120 Å². The standard InChI is InChI=1S/C13H24N2O4S/c1-19-13(16)11-6-2-3-7-12(11)20(17,18)15-10-5-4-8-14-9-10/h10-12,14-15H,2-9H2,1H3/t10-,11?,12?/m1/s1. The van der Waals surface area contributed by atoms with Gasteiger partial charge in [-0.2, -0.15) is 0 Å². The molecule has 2 N–H and O–H groups in total. The third kappa shape index (κ3) is 3.71. The van der Waals surface area contributed by atoms with Crippen LogP contribution in [0.25, 0.3) is 0 Å². The van der Waals surface area contributed by atoms with Gasteiger partial charge in [-0.1, -0.05) is 12.8 Å². The molecule has 0 bridgehead atoms. The number of esters is 1. The number of hydrogen-bond donors (Lipinski definition) is 2. The molecular formula is C13H24N2O4S. The monoisotopic (exact) mass is 304 g/mol. The maximum absolute atomic E-state index is 12.5. The number of methoxy groups -OCH3 is 1. The third-order valence-corrected chi connectivity index (χ3v) is 6.26. The van der Waals surface area contributed by atoms with Gasteiger partial charge >= 0.3 is 5.97 Å². The van der Waals surface area contributed by atoms with Crippen LogP contribution in [0.5, 0.6) is 0 Å². The fourth-order valence-electron chi connectivity index (χ4n) is 3.16. The molecule has 1 aliphatic heterocycles. The highest BCUT2D eigenvalue weighted by Crippen LogP contribution is 2.30. The van der Waals surface area contributed by atoms with Crippen molar-refractivity contribution >= 4 is 16.0 Å². The summed E-state index contributed by atoms with van der Waals surface area (Å²) in [5.41, 5.74) is 0. The zero-order valence-electron chi connectivity index (χ0n) is 11.9. The molecule has 3 atom stereocenters. The highest BCUT2D eigenvalue weighted by Gasteiger charge is 2.41. The second kappa shape index (κ2) is 6.87. The van der Waals surface area contributed by atoms with E-state index in [2.05, 4.69) is 10.0 Å². The summed E-state index contributed by atoms with van der Waals surface area (Å²) in [6.45, 7) is 1.60. The SMILES string of the molecule is COC(=O)C1CCCCC1S(=O)(=O)N[C@@H]1CCCNC1. The lowest BCUT2D eigenvalue weighted by atomic mass is 9.89. The number of hydrogen-bond acceptors (Lipinski definition) is 5. The van der Waals surface area contributed by atoms with Gasteiger partial charge in [0.25, 0.3) is 0 Å². The van der Waals surface area contributed by atoms with Gasteiger partial charge in [0.05, 0.1) is 18.3 Å². The predicted octanol–water partition coefficient (Wildman–Crippen LogP) is 0.390. The number of sulfonamides is 1. The second-order valence-corrected chi connectivity index (χ2v) is 7.59. The van der Waals surface area contributed by atoms with Gasteiger partial charge in [0.2, 0.25) is 10.0 Å². The van der Waals surface area contributed by atoms with Gasteiger partial charge in [0, 0.05) is 12.6 Å².